The van der Waals surface area contributed by atoms with Gasteiger partial charge in [-0.25, -0.2) is 4.39 Å². The number of hydrogen-bond donors (Lipinski definition) is 0. The average Bonchev–Trinajstić information content (AvgIpc) is 3.12. The van der Waals surface area contributed by atoms with Gasteiger partial charge < -0.3 is 4.74 Å². The molecule has 0 N–H and O–H groups in total. The van der Waals surface area contributed by atoms with E-state index in [0.717, 1.165) is 46.9 Å². The Labute approximate surface area is 194 Å². The molecule has 2 aromatic carbocycles. The Kier molecular flexibility index (Phi) is 7.15. The second-order valence-corrected chi connectivity index (χ2v) is 8.36. The zero-order valence-corrected chi connectivity index (χ0v) is 19.3. The first-order chi connectivity index (χ1) is 16.0. The molecule has 5 nitrogen and oxygen atoms in total. The number of aryl methyl sites for hydroxylation is 2. The van der Waals surface area contributed by atoms with E-state index in [9.17, 15) is 4.39 Å². The lowest BCUT2D eigenvalue weighted by molar-refractivity contribution is 0.247. The summed E-state index contributed by atoms with van der Waals surface area (Å²) in [6.45, 7) is 6.90. The number of ether oxygens (including phenoxy) is 1. The molecule has 170 valence electrons. The van der Waals surface area contributed by atoms with Crippen LogP contribution < -0.4 is 4.74 Å². The molecule has 2 heterocycles. The lowest BCUT2D eigenvalue weighted by Gasteiger charge is -2.23. The van der Waals surface area contributed by atoms with Crippen LogP contribution >= 0.6 is 0 Å². The summed E-state index contributed by atoms with van der Waals surface area (Å²) in [7, 11) is 1.70. The smallest absolute Gasteiger partial charge is 0.123 e. The van der Waals surface area contributed by atoms with Crippen molar-refractivity contribution in [3.8, 4) is 5.75 Å². The van der Waals surface area contributed by atoms with Crippen molar-refractivity contribution in [2.45, 2.75) is 40.0 Å². The second-order valence-electron chi connectivity index (χ2n) is 8.36. The number of benzene rings is 2. The maximum atomic E-state index is 13.4. The minimum absolute atomic E-state index is 0.221. The summed E-state index contributed by atoms with van der Waals surface area (Å²) in [6.07, 6.45) is 3.67. The van der Waals surface area contributed by atoms with Gasteiger partial charge in [0.15, 0.2) is 0 Å². The third kappa shape index (κ3) is 6.05. The molecule has 0 radical (unpaired) electrons. The van der Waals surface area contributed by atoms with Crippen LogP contribution in [0.3, 0.4) is 0 Å². The quantitative estimate of drug-likeness (QED) is 0.352. The number of aromatic nitrogens is 3. The minimum Gasteiger partial charge on any atom is -0.496 e. The molecule has 0 aliphatic rings. The summed E-state index contributed by atoms with van der Waals surface area (Å²) in [4.78, 5) is 6.59. The Bertz CT molecular complexity index is 1190. The van der Waals surface area contributed by atoms with Crippen LogP contribution in [0.2, 0.25) is 0 Å². The fourth-order valence-electron chi connectivity index (χ4n) is 4.07. The lowest BCUT2D eigenvalue weighted by atomic mass is 10.1. The summed E-state index contributed by atoms with van der Waals surface area (Å²) < 4.78 is 21.0. The van der Waals surface area contributed by atoms with Crippen LogP contribution in [0.25, 0.3) is 0 Å². The van der Waals surface area contributed by atoms with Gasteiger partial charge in [0.2, 0.25) is 0 Å². The van der Waals surface area contributed by atoms with Crippen LogP contribution in [0.15, 0.2) is 73.1 Å². The highest BCUT2D eigenvalue weighted by atomic mass is 19.1. The van der Waals surface area contributed by atoms with Crippen molar-refractivity contribution in [3.05, 3.63) is 113 Å². The molecule has 0 amide bonds. The molecule has 4 rings (SSSR count). The number of halogens is 1. The summed E-state index contributed by atoms with van der Waals surface area (Å²) >= 11 is 0. The number of hydrogen-bond acceptors (Lipinski definition) is 4. The molecule has 2 aromatic heterocycles. The van der Waals surface area contributed by atoms with Crippen LogP contribution in [0.4, 0.5) is 4.39 Å². The Balaban J connectivity index is 1.58. The molecule has 0 atom stereocenters. The van der Waals surface area contributed by atoms with Gasteiger partial charge in [-0.3, -0.25) is 14.6 Å². The van der Waals surface area contributed by atoms with E-state index in [-0.39, 0.29) is 5.82 Å². The summed E-state index contributed by atoms with van der Waals surface area (Å²) in [5.41, 5.74) is 6.59. The van der Waals surface area contributed by atoms with Crippen LogP contribution in [-0.4, -0.2) is 26.8 Å². The van der Waals surface area contributed by atoms with Crippen molar-refractivity contribution in [2.75, 3.05) is 7.11 Å². The van der Waals surface area contributed by atoms with Crippen molar-refractivity contribution in [2.24, 2.45) is 0 Å². The Hall–Kier alpha value is -3.51. The van der Waals surface area contributed by atoms with E-state index < -0.39 is 0 Å². The minimum atomic E-state index is -0.221. The second kappa shape index (κ2) is 10.4. The number of pyridine rings is 1. The maximum absolute atomic E-state index is 13.4. The van der Waals surface area contributed by atoms with E-state index in [1.165, 1.54) is 17.7 Å². The van der Waals surface area contributed by atoms with Crippen molar-refractivity contribution >= 4 is 0 Å². The Morgan fingerprint density at radius 1 is 0.909 bits per heavy atom. The van der Waals surface area contributed by atoms with E-state index in [4.69, 9.17) is 4.74 Å². The van der Waals surface area contributed by atoms with Gasteiger partial charge in [-0.2, -0.15) is 5.10 Å². The van der Waals surface area contributed by atoms with Gasteiger partial charge >= 0.3 is 0 Å². The lowest BCUT2D eigenvalue weighted by Crippen LogP contribution is -2.22. The van der Waals surface area contributed by atoms with Gasteiger partial charge in [-0.05, 0) is 66.9 Å². The highest BCUT2D eigenvalue weighted by Crippen LogP contribution is 2.23. The predicted molar refractivity (Wildman–Crippen MR) is 127 cm³/mol. The molecule has 33 heavy (non-hydrogen) atoms. The van der Waals surface area contributed by atoms with Gasteiger partial charge in [-0.1, -0.05) is 24.3 Å². The molecule has 0 spiro atoms. The zero-order chi connectivity index (χ0) is 23.2. The van der Waals surface area contributed by atoms with Gasteiger partial charge in [-0.15, -0.1) is 0 Å². The van der Waals surface area contributed by atoms with Gasteiger partial charge in [0.1, 0.15) is 11.6 Å². The molecule has 4 aromatic rings. The third-order valence-corrected chi connectivity index (χ3v) is 5.62. The molecule has 6 heteroatoms. The number of methoxy groups -OCH3 is 1. The number of nitrogens with zero attached hydrogens (tertiary/aromatic N) is 4. The van der Waals surface area contributed by atoms with E-state index in [0.29, 0.717) is 13.1 Å². The topological polar surface area (TPSA) is 43.2 Å². The normalized spacial score (nSPS) is 11.2. The predicted octanol–water partition coefficient (Wildman–Crippen LogP) is 5.29. The molecular weight excluding hydrogens is 415 g/mol. The molecule has 0 saturated carbocycles. The summed E-state index contributed by atoms with van der Waals surface area (Å²) in [5, 5.41) is 4.60. The Morgan fingerprint density at radius 3 is 2.30 bits per heavy atom. The monoisotopic (exact) mass is 444 g/mol. The fraction of sp³-hybridized carbons (Fsp3) is 0.259. The van der Waals surface area contributed by atoms with E-state index in [2.05, 4.69) is 46.2 Å². The van der Waals surface area contributed by atoms with Crippen LogP contribution in [0.1, 0.15) is 33.6 Å². The summed E-state index contributed by atoms with van der Waals surface area (Å²) in [5.74, 6) is 0.630. The molecule has 0 aliphatic carbocycles. The number of rotatable bonds is 9. The van der Waals surface area contributed by atoms with Gasteiger partial charge in [0.25, 0.3) is 0 Å². The molecule has 0 unspecified atom stereocenters. The molecular formula is C27H29FN4O. The largest absolute Gasteiger partial charge is 0.496 e. The highest BCUT2D eigenvalue weighted by Gasteiger charge is 2.13. The fourth-order valence-corrected chi connectivity index (χ4v) is 4.07. The first kappa shape index (κ1) is 22.7. The van der Waals surface area contributed by atoms with E-state index in [1.807, 2.05) is 42.1 Å². The molecule has 0 fully saturated rings. The summed E-state index contributed by atoms with van der Waals surface area (Å²) in [6, 6.07) is 19.1. The molecule has 0 aliphatic heterocycles. The SMILES string of the molecule is COc1ccc(CN(Cc2ccc(F)cc2)Cc2cccnc2)cc1Cn1nc(C)cc1C. The van der Waals surface area contributed by atoms with Gasteiger partial charge in [0.05, 0.1) is 19.3 Å². The van der Waals surface area contributed by atoms with Crippen molar-refractivity contribution in [1.82, 2.24) is 19.7 Å². The Morgan fingerprint density at radius 2 is 1.64 bits per heavy atom. The maximum Gasteiger partial charge on any atom is 0.123 e. The molecule has 0 bridgehead atoms. The average molecular weight is 445 g/mol. The van der Waals surface area contributed by atoms with E-state index in [1.54, 1.807) is 13.3 Å². The van der Waals surface area contributed by atoms with E-state index >= 15 is 0 Å². The first-order valence-electron chi connectivity index (χ1n) is 11.0. The van der Waals surface area contributed by atoms with Gasteiger partial charge in [0, 0.05) is 43.3 Å². The van der Waals surface area contributed by atoms with Crippen LogP contribution in [0.5, 0.6) is 5.75 Å². The third-order valence-electron chi connectivity index (χ3n) is 5.62. The first-order valence-corrected chi connectivity index (χ1v) is 11.0. The zero-order valence-electron chi connectivity index (χ0n) is 19.3. The van der Waals surface area contributed by atoms with Crippen LogP contribution in [0, 0.1) is 19.7 Å². The van der Waals surface area contributed by atoms with Crippen LogP contribution in [-0.2, 0) is 26.2 Å². The van der Waals surface area contributed by atoms with Crippen molar-refractivity contribution in [1.29, 1.82) is 0 Å². The standard InChI is InChI=1S/C27H29FN4O/c1-20-13-21(2)32(30-20)19-25-14-23(8-11-27(25)33-3)17-31(18-24-5-4-12-29-15-24)16-22-6-9-26(28)10-7-22/h4-15H,16-19H2,1-3H3. The van der Waals surface area contributed by atoms with Crippen molar-refractivity contribution in [3.63, 3.8) is 0 Å². The highest BCUT2D eigenvalue weighted by molar-refractivity contribution is 5.38. The molecule has 0 saturated heterocycles. The van der Waals surface area contributed by atoms with Crippen molar-refractivity contribution < 1.29 is 9.13 Å².